The van der Waals surface area contributed by atoms with Gasteiger partial charge < -0.3 is 14.6 Å². The number of carboxylic acid groups (broad SMARTS) is 1. The maximum atomic E-state index is 13.6. The summed E-state index contributed by atoms with van der Waals surface area (Å²) < 4.78 is 52.2. The lowest BCUT2D eigenvalue weighted by Gasteiger charge is -2.35. The third-order valence-corrected chi connectivity index (χ3v) is 8.79. The van der Waals surface area contributed by atoms with Gasteiger partial charge in [-0.3, -0.25) is 4.90 Å². The van der Waals surface area contributed by atoms with E-state index in [1.165, 1.54) is 0 Å². The number of methoxy groups -OCH3 is 1. The maximum Gasteiger partial charge on any atom is 0.416 e. The predicted molar refractivity (Wildman–Crippen MR) is 164 cm³/mol. The smallest absolute Gasteiger partial charge is 0.416 e. The van der Waals surface area contributed by atoms with Crippen LogP contribution in [0.3, 0.4) is 0 Å². The minimum absolute atomic E-state index is 0.0582. The fraction of sp³-hybridized carbons (Fsp3) is 0.400. The summed E-state index contributed by atoms with van der Waals surface area (Å²) >= 11 is 0. The number of allylic oxidation sites excluding steroid dienone is 1. The van der Waals surface area contributed by atoms with Crippen LogP contribution in [0.15, 0.2) is 54.1 Å². The van der Waals surface area contributed by atoms with Gasteiger partial charge in [-0.1, -0.05) is 31.5 Å². The molecule has 2 atom stereocenters. The maximum absolute atomic E-state index is 13.6. The van der Waals surface area contributed by atoms with E-state index in [4.69, 9.17) is 14.5 Å². The van der Waals surface area contributed by atoms with Crippen LogP contribution in [0.2, 0.25) is 0 Å². The summed E-state index contributed by atoms with van der Waals surface area (Å²) in [7, 11) is 1.57. The van der Waals surface area contributed by atoms with Crippen molar-refractivity contribution in [1.29, 1.82) is 0 Å². The van der Waals surface area contributed by atoms with Crippen LogP contribution in [0.5, 0.6) is 5.75 Å². The molecule has 2 aromatic carbocycles. The summed E-state index contributed by atoms with van der Waals surface area (Å²) in [5.41, 5.74) is 4.90. The predicted octanol–water partition coefficient (Wildman–Crippen LogP) is 8.64. The van der Waals surface area contributed by atoms with E-state index < -0.39 is 35.9 Å². The molecule has 10 heteroatoms. The van der Waals surface area contributed by atoms with E-state index in [-0.39, 0.29) is 17.5 Å². The first-order valence-corrected chi connectivity index (χ1v) is 14.8. The number of benzene rings is 2. The number of carbonyl (C=O) groups is 2. The Balaban J connectivity index is 1.54. The normalized spacial score (nSPS) is 19.9. The first-order valence-electron chi connectivity index (χ1n) is 14.8. The van der Waals surface area contributed by atoms with Gasteiger partial charge in [0.25, 0.3) is 0 Å². The number of alkyl halides is 3. The number of aromatic carboxylic acids is 1. The number of hydrogen-bond acceptors (Lipinski definition) is 5. The van der Waals surface area contributed by atoms with E-state index in [9.17, 15) is 27.9 Å². The average Bonchev–Trinajstić information content (AvgIpc) is 3.24. The Kier molecular flexibility index (Phi) is 8.46. The van der Waals surface area contributed by atoms with Crippen molar-refractivity contribution in [1.82, 2.24) is 9.88 Å². The molecule has 0 spiro atoms. The molecule has 3 aromatic rings. The van der Waals surface area contributed by atoms with E-state index in [0.29, 0.717) is 41.1 Å². The van der Waals surface area contributed by atoms with Crippen molar-refractivity contribution in [2.45, 2.75) is 72.2 Å². The zero-order valence-corrected chi connectivity index (χ0v) is 26.2. The number of aromatic nitrogens is 1. The molecule has 1 aromatic heterocycles. The van der Waals surface area contributed by atoms with E-state index in [1.807, 2.05) is 19.1 Å². The Morgan fingerprint density at radius 3 is 2.51 bits per heavy atom. The molecule has 5 rings (SSSR count). The van der Waals surface area contributed by atoms with Crippen LogP contribution in [0.4, 0.5) is 18.0 Å². The molecular formula is C35H37F3N2O5. The lowest BCUT2D eigenvalue weighted by molar-refractivity contribution is -0.137. The number of halogens is 3. The number of hydrogen-bond donors (Lipinski definition) is 1. The van der Waals surface area contributed by atoms with Gasteiger partial charge in [0, 0.05) is 12.1 Å². The minimum Gasteiger partial charge on any atom is -0.494 e. The molecule has 1 amide bonds. The minimum atomic E-state index is -4.52. The van der Waals surface area contributed by atoms with Gasteiger partial charge >= 0.3 is 18.2 Å². The second-order valence-electron chi connectivity index (χ2n) is 12.8. The molecular weight excluding hydrogens is 585 g/mol. The molecule has 1 aliphatic carbocycles. The van der Waals surface area contributed by atoms with Crippen LogP contribution in [-0.4, -0.2) is 46.7 Å². The highest BCUT2D eigenvalue weighted by atomic mass is 19.4. The quantitative estimate of drug-likeness (QED) is 0.284. The standard InChI is InChI=1S/C35H37F3N2O5/c1-19-13-23(16-25(14-19)35(36,37)38)31-21(3)40(33(43)45-31)18-24-17-34(4,5)12-11-27(24)30-29(44-6)10-9-28(39-30)26-8-7-22(32(41)42)15-20(26)2/h7-10,13-16,21,31H,11-12,17-18H2,1-6H3,(H,41,42)/t21-,31-/m0/s1. The van der Waals surface area contributed by atoms with Gasteiger partial charge in [0.2, 0.25) is 0 Å². The third kappa shape index (κ3) is 6.55. The van der Waals surface area contributed by atoms with E-state index >= 15 is 0 Å². The number of pyridine rings is 1. The molecule has 0 radical (unpaired) electrons. The Morgan fingerprint density at radius 2 is 1.87 bits per heavy atom. The summed E-state index contributed by atoms with van der Waals surface area (Å²) in [4.78, 5) is 31.3. The number of amides is 1. The first kappa shape index (κ1) is 32.1. The molecule has 2 aliphatic rings. The van der Waals surface area contributed by atoms with Crippen LogP contribution >= 0.6 is 0 Å². The van der Waals surface area contributed by atoms with Crippen molar-refractivity contribution >= 4 is 17.6 Å². The van der Waals surface area contributed by atoms with E-state index in [1.54, 1.807) is 50.1 Å². The topological polar surface area (TPSA) is 89.0 Å². The summed E-state index contributed by atoms with van der Waals surface area (Å²) in [5, 5.41) is 9.40. The monoisotopic (exact) mass is 622 g/mol. The van der Waals surface area contributed by atoms with Gasteiger partial charge in [0.05, 0.1) is 30.0 Å². The van der Waals surface area contributed by atoms with Crippen LogP contribution in [0.1, 0.15) is 84.4 Å². The molecule has 45 heavy (non-hydrogen) atoms. The Labute approximate surface area is 260 Å². The Hall–Kier alpha value is -4.34. The highest BCUT2D eigenvalue weighted by Gasteiger charge is 2.42. The summed E-state index contributed by atoms with van der Waals surface area (Å²) in [6, 6.07) is 11.8. The van der Waals surface area contributed by atoms with Crippen molar-refractivity contribution in [2.24, 2.45) is 5.41 Å². The number of nitrogens with zero attached hydrogens (tertiary/aromatic N) is 2. The van der Waals surface area contributed by atoms with Crippen molar-refractivity contribution in [2.75, 3.05) is 13.7 Å². The van der Waals surface area contributed by atoms with Crippen molar-refractivity contribution < 1.29 is 37.3 Å². The number of ether oxygens (including phenoxy) is 2. The van der Waals surface area contributed by atoms with E-state index in [2.05, 4.69) is 13.8 Å². The molecule has 1 aliphatic heterocycles. The molecule has 1 fully saturated rings. The second kappa shape index (κ2) is 11.9. The molecule has 0 bridgehead atoms. The van der Waals surface area contributed by atoms with Crippen LogP contribution < -0.4 is 4.74 Å². The molecule has 238 valence electrons. The zero-order chi connectivity index (χ0) is 32.8. The number of carbonyl (C=O) groups excluding carboxylic acids is 1. The zero-order valence-electron chi connectivity index (χ0n) is 26.2. The van der Waals surface area contributed by atoms with Gasteiger partial charge in [0.1, 0.15) is 17.5 Å². The highest BCUT2D eigenvalue weighted by molar-refractivity contribution is 5.89. The second-order valence-corrected chi connectivity index (χ2v) is 12.8. The average molecular weight is 623 g/mol. The van der Waals surface area contributed by atoms with E-state index in [0.717, 1.165) is 40.8 Å². The van der Waals surface area contributed by atoms with Gasteiger partial charge in [-0.15, -0.1) is 0 Å². The van der Waals surface area contributed by atoms with Crippen LogP contribution in [0, 0.1) is 19.3 Å². The van der Waals surface area contributed by atoms with Crippen LogP contribution in [-0.2, 0) is 10.9 Å². The number of carboxylic acids is 1. The molecule has 1 N–H and O–H groups in total. The number of aryl methyl sites for hydroxylation is 2. The number of rotatable bonds is 7. The molecule has 0 unspecified atom stereocenters. The number of cyclic esters (lactones) is 1. The van der Waals surface area contributed by atoms with Gasteiger partial charge in [0.15, 0.2) is 0 Å². The van der Waals surface area contributed by atoms with Gasteiger partial charge in [-0.2, -0.15) is 13.2 Å². The first-order chi connectivity index (χ1) is 21.1. The SMILES string of the molecule is COc1ccc(-c2ccc(C(=O)O)cc2C)nc1C1=C(CN2C(=O)O[C@H](c3cc(C)cc(C(F)(F)F)c3)[C@@H]2C)CC(C)(C)CC1. The fourth-order valence-electron chi connectivity index (χ4n) is 6.42. The van der Waals surface area contributed by atoms with Gasteiger partial charge in [-0.05, 0) is 104 Å². The van der Waals surface area contributed by atoms with Crippen molar-refractivity contribution in [3.63, 3.8) is 0 Å². The largest absolute Gasteiger partial charge is 0.494 e. The molecule has 2 heterocycles. The molecule has 7 nitrogen and oxygen atoms in total. The fourth-order valence-corrected chi connectivity index (χ4v) is 6.42. The van der Waals surface area contributed by atoms with Crippen molar-refractivity contribution in [3.8, 4) is 17.0 Å². The lowest BCUT2D eigenvalue weighted by Crippen LogP contribution is -2.35. The summed E-state index contributed by atoms with van der Waals surface area (Å²) in [6.07, 6.45) is -3.73. The van der Waals surface area contributed by atoms with Crippen LogP contribution in [0.25, 0.3) is 16.8 Å². The Bertz CT molecular complexity index is 1690. The van der Waals surface area contributed by atoms with Gasteiger partial charge in [-0.25, -0.2) is 14.6 Å². The highest BCUT2D eigenvalue weighted by Crippen LogP contribution is 2.46. The molecule has 0 saturated carbocycles. The summed E-state index contributed by atoms with van der Waals surface area (Å²) in [5.74, 6) is -0.437. The Morgan fingerprint density at radius 1 is 1.13 bits per heavy atom. The molecule has 1 saturated heterocycles. The third-order valence-electron chi connectivity index (χ3n) is 8.79. The lowest BCUT2D eigenvalue weighted by atomic mass is 9.73. The summed E-state index contributed by atoms with van der Waals surface area (Å²) in [6.45, 7) is 9.78. The van der Waals surface area contributed by atoms with Crippen molar-refractivity contribution in [3.05, 3.63) is 87.6 Å².